The third-order valence-electron chi connectivity index (χ3n) is 5.10. The summed E-state index contributed by atoms with van der Waals surface area (Å²) in [5.41, 5.74) is 5.41. The first-order chi connectivity index (χ1) is 12.1. The number of primary amides is 1. The minimum atomic E-state index is -0.293. The standard InChI is InChI=1S/C18H27N5O2/c19-18(25)15-5-3-9-23(13-15)17(24)14-21-8-4-10-22(12-11-21)16-6-1-2-7-20-16/h1-2,6-7,15H,3-5,8-14H2,(H2,19,25). The van der Waals surface area contributed by atoms with Gasteiger partial charge in [-0.25, -0.2) is 4.98 Å². The highest BCUT2D eigenvalue weighted by Crippen LogP contribution is 2.17. The van der Waals surface area contributed by atoms with E-state index in [1.54, 1.807) is 4.90 Å². The minimum Gasteiger partial charge on any atom is -0.369 e. The maximum Gasteiger partial charge on any atom is 0.236 e. The van der Waals surface area contributed by atoms with Crippen LogP contribution in [0, 0.1) is 5.92 Å². The molecule has 3 rings (SSSR count). The van der Waals surface area contributed by atoms with Gasteiger partial charge in [-0.2, -0.15) is 0 Å². The van der Waals surface area contributed by atoms with E-state index >= 15 is 0 Å². The van der Waals surface area contributed by atoms with E-state index in [4.69, 9.17) is 5.73 Å². The maximum atomic E-state index is 12.6. The van der Waals surface area contributed by atoms with E-state index in [1.165, 1.54) is 0 Å². The topological polar surface area (TPSA) is 82.8 Å². The highest BCUT2D eigenvalue weighted by Gasteiger charge is 2.28. The monoisotopic (exact) mass is 345 g/mol. The van der Waals surface area contributed by atoms with Crippen LogP contribution in [-0.2, 0) is 9.59 Å². The molecule has 0 radical (unpaired) electrons. The van der Waals surface area contributed by atoms with Crippen LogP contribution in [0.5, 0.6) is 0 Å². The first-order valence-electron chi connectivity index (χ1n) is 9.09. The normalized spacial score (nSPS) is 22.5. The number of rotatable bonds is 4. The van der Waals surface area contributed by atoms with Gasteiger partial charge in [0.25, 0.3) is 0 Å². The highest BCUT2D eigenvalue weighted by molar-refractivity contribution is 5.81. The molecule has 2 amide bonds. The van der Waals surface area contributed by atoms with E-state index in [0.717, 1.165) is 57.8 Å². The Morgan fingerprint density at radius 1 is 1.12 bits per heavy atom. The quantitative estimate of drug-likeness (QED) is 0.850. The number of anilines is 1. The Balaban J connectivity index is 1.51. The second-order valence-corrected chi connectivity index (χ2v) is 6.89. The molecule has 2 saturated heterocycles. The summed E-state index contributed by atoms with van der Waals surface area (Å²) in [5.74, 6) is 0.619. The van der Waals surface area contributed by atoms with Crippen molar-refractivity contribution in [2.75, 3.05) is 50.7 Å². The van der Waals surface area contributed by atoms with Gasteiger partial charge >= 0.3 is 0 Å². The van der Waals surface area contributed by atoms with Crippen molar-refractivity contribution in [1.29, 1.82) is 0 Å². The molecule has 1 unspecified atom stereocenters. The predicted octanol–water partition coefficient (Wildman–Crippen LogP) is 0.318. The number of carbonyl (C=O) groups is 2. The van der Waals surface area contributed by atoms with Gasteiger partial charge < -0.3 is 15.5 Å². The molecule has 7 nitrogen and oxygen atoms in total. The van der Waals surface area contributed by atoms with Crippen LogP contribution in [0.2, 0.25) is 0 Å². The van der Waals surface area contributed by atoms with Crippen molar-refractivity contribution >= 4 is 17.6 Å². The van der Waals surface area contributed by atoms with E-state index < -0.39 is 0 Å². The summed E-state index contributed by atoms with van der Waals surface area (Å²) >= 11 is 0. The molecule has 1 atom stereocenters. The van der Waals surface area contributed by atoms with E-state index in [-0.39, 0.29) is 17.7 Å². The SMILES string of the molecule is NC(=O)C1CCCN(C(=O)CN2CCCN(c3ccccn3)CC2)C1. The number of amides is 2. The van der Waals surface area contributed by atoms with Crippen LogP contribution in [0.25, 0.3) is 0 Å². The number of nitrogens with two attached hydrogens (primary N) is 1. The molecule has 0 aliphatic carbocycles. The summed E-state index contributed by atoms with van der Waals surface area (Å²) in [6.45, 7) is 5.20. The van der Waals surface area contributed by atoms with Gasteiger partial charge in [-0.1, -0.05) is 6.07 Å². The summed E-state index contributed by atoms with van der Waals surface area (Å²) in [6.07, 6.45) is 4.47. The Kier molecular flexibility index (Phi) is 5.86. The van der Waals surface area contributed by atoms with Gasteiger partial charge in [-0.05, 0) is 31.4 Å². The van der Waals surface area contributed by atoms with Gasteiger partial charge in [0, 0.05) is 45.5 Å². The minimum absolute atomic E-state index is 0.109. The number of likely N-dealkylation sites (tertiary alicyclic amines) is 1. The van der Waals surface area contributed by atoms with E-state index in [1.807, 2.05) is 24.4 Å². The van der Waals surface area contributed by atoms with Crippen molar-refractivity contribution in [3.8, 4) is 0 Å². The summed E-state index contributed by atoms with van der Waals surface area (Å²) in [5, 5.41) is 0. The highest BCUT2D eigenvalue weighted by atomic mass is 16.2. The molecular formula is C18H27N5O2. The number of hydrogen-bond acceptors (Lipinski definition) is 5. The van der Waals surface area contributed by atoms with E-state index in [2.05, 4.69) is 14.8 Å². The predicted molar refractivity (Wildman–Crippen MR) is 96.0 cm³/mol. The van der Waals surface area contributed by atoms with Crippen molar-refractivity contribution < 1.29 is 9.59 Å². The van der Waals surface area contributed by atoms with E-state index in [9.17, 15) is 9.59 Å². The molecule has 136 valence electrons. The lowest BCUT2D eigenvalue weighted by atomic mass is 9.97. The smallest absolute Gasteiger partial charge is 0.236 e. The van der Waals surface area contributed by atoms with E-state index in [0.29, 0.717) is 13.1 Å². The second-order valence-electron chi connectivity index (χ2n) is 6.89. The molecule has 2 fully saturated rings. The van der Waals surface area contributed by atoms with Gasteiger partial charge in [0.1, 0.15) is 5.82 Å². The zero-order valence-corrected chi connectivity index (χ0v) is 14.6. The number of pyridine rings is 1. The van der Waals surface area contributed by atoms with Crippen LogP contribution in [0.1, 0.15) is 19.3 Å². The van der Waals surface area contributed by atoms with Gasteiger partial charge in [-0.3, -0.25) is 14.5 Å². The molecule has 2 aliphatic rings. The Morgan fingerprint density at radius 3 is 2.76 bits per heavy atom. The van der Waals surface area contributed by atoms with Crippen LogP contribution in [0.3, 0.4) is 0 Å². The van der Waals surface area contributed by atoms with Crippen molar-refractivity contribution in [2.45, 2.75) is 19.3 Å². The Morgan fingerprint density at radius 2 is 2.00 bits per heavy atom. The Hall–Kier alpha value is -2.15. The fourth-order valence-corrected chi connectivity index (χ4v) is 3.63. The molecule has 1 aromatic heterocycles. The van der Waals surface area contributed by atoms with Gasteiger partial charge in [0.15, 0.2) is 0 Å². The third kappa shape index (κ3) is 4.69. The molecular weight excluding hydrogens is 318 g/mol. The first-order valence-corrected chi connectivity index (χ1v) is 9.09. The average Bonchev–Trinajstić information content (AvgIpc) is 2.88. The average molecular weight is 345 g/mol. The molecule has 2 N–H and O–H groups in total. The van der Waals surface area contributed by atoms with Crippen LogP contribution in [0.4, 0.5) is 5.82 Å². The zero-order chi connectivity index (χ0) is 17.6. The third-order valence-corrected chi connectivity index (χ3v) is 5.10. The number of nitrogens with zero attached hydrogens (tertiary/aromatic N) is 4. The molecule has 0 aromatic carbocycles. The first kappa shape index (κ1) is 17.7. The lowest BCUT2D eigenvalue weighted by molar-refractivity contribution is -0.135. The zero-order valence-electron chi connectivity index (χ0n) is 14.6. The largest absolute Gasteiger partial charge is 0.369 e. The lowest BCUT2D eigenvalue weighted by Gasteiger charge is -2.33. The number of piperidine rings is 1. The summed E-state index contributed by atoms with van der Waals surface area (Å²) < 4.78 is 0. The Bertz CT molecular complexity index is 594. The molecule has 1 aromatic rings. The van der Waals surface area contributed by atoms with Crippen molar-refractivity contribution in [3.05, 3.63) is 24.4 Å². The number of carbonyl (C=O) groups excluding carboxylic acids is 2. The molecule has 0 spiro atoms. The van der Waals surface area contributed by atoms with Crippen molar-refractivity contribution in [2.24, 2.45) is 11.7 Å². The molecule has 0 bridgehead atoms. The summed E-state index contributed by atoms with van der Waals surface area (Å²) in [6, 6.07) is 5.95. The second kappa shape index (κ2) is 8.29. The lowest BCUT2D eigenvalue weighted by Crippen LogP contribution is -2.48. The molecule has 0 saturated carbocycles. The molecule has 2 aliphatic heterocycles. The van der Waals surface area contributed by atoms with Gasteiger partial charge in [-0.15, -0.1) is 0 Å². The summed E-state index contributed by atoms with van der Waals surface area (Å²) in [4.78, 5) is 34.7. The van der Waals surface area contributed by atoms with Gasteiger partial charge in [0.2, 0.25) is 11.8 Å². The van der Waals surface area contributed by atoms with Crippen molar-refractivity contribution in [1.82, 2.24) is 14.8 Å². The van der Waals surface area contributed by atoms with Crippen LogP contribution < -0.4 is 10.6 Å². The molecule has 7 heteroatoms. The molecule has 25 heavy (non-hydrogen) atoms. The van der Waals surface area contributed by atoms with Crippen LogP contribution in [-0.4, -0.2) is 72.4 Å². The number of hydrogen-bond donors (Lipinski definition) is 1. The fourth-order valence-electron chi connectivity index (χ4n) is 3.63. The molecule has 3 heterocycles. The summed E-state index contributed by atoms with van der Waals surface area (Å²) in [7, 11) is 0. The van der Waals surface area contributed by atoms with Crippen LogP contribution >= 0.6 is 0 Å². The van der Waals surface area contributed by atoms with Gasteiger partial charge in [0.05, 0.1) is 12.5 Å². The van der Waals surface area contributed by atoms with Crippen LogP contribution in [0.15, 0.2) is 24.4 Å². The fraction of sp³-hybridized carbons (Fsp3) is 0.611. The maximum absolute atomic E-state index is 12.6. The van der Waals surface area contributed by atoms with Crippen molar-refractivity contribution in [3.63, 3.8) is 0 Å². The number of aromatic nitrogens is 1. The Labute approximate surface area is 148 Å².